The van der Waals surface area contributed by atoms with Gasteiger partial charge in [0.1, 0.15) is 5.75 Å². The van der Waals surface area contributed by atoms with Crippen molar-refractivity contribution in [2.24, 2.45) is 0 Å². The van der Waals surface area contributed by atoms with Gasteiger partial charge in [-0.2, -0.15) is 0 Å². The number of amides is 2. The van der Waals surface area contributed by atoms with E-state index in [9.17, 15) is 9.59 Å². The van der Waals surface area contributed by atoms with E-state index in [1.54, 1.807) is 12.0 Å². The molecule has 2 heterocycles. The van der Waals surface area contributed by atoms with E-state index < -0.39 is 0 Å². The third kappa shape index (κ3) is 3.53. The second-order valence-electron chi connectivity index (χ2n) is 5.42. The molecule has 3 rings (SSSR count). The number of rotatable bonds is 5. The summed E-state index contributed by atoms with van der Waals surface area (Å²) in [5, 5.41) is 2.93. The third-order valence-corrected chi connectivity index (χ3v) is 5.09. The van der Waals surface area contributed by atoms with E-state index in [0.717, 1.165) is 36.3 Å². The van der Waals surface area contributed by atoms with Gasteiger partial charge < -0.3 is 15.0 Å². The van der Waals surface area contributed by atoms with Gasteiger partial charge in [-0.3, -0.25) is 9.59 Å². The molecule has 0 radical (unpaired) electrons. The van der Waals surface area contributed by atoms with Crippen molar-refractivity contribution in [3.8, 4) is 5.75 Å². The normalized spacial score (nSPS) is 13.3. The van der Waals surface area contributed by atoms with Gasteiger partial charge in [0.25, 0.3) is 5.91 Å². The predicted molar refractivity (Wildman–Crippen MR) is 88.7 cm³/mol. The molecular formula is C17H18N2O3S. The molecule has 0 bridgehead atoms. The lowest BCUT2D eigenvalue weighted by Crippen LogP contribution is -2.27. The number of benzene rings is 1. The molecule has 0 fully saturated rings. The van der Waals surface area contributed by atoms with Gasteiger partial charge in [-0.05, 0) is 35.7 Å². The van der Waals surface area contributed by atoms with Crippen LogP contribution in [-0.2, 0) is 24.3 Å². The van der Waals surface area contributed by atoms with Crippen LogP contribution in [0.2, 0.25) is 0 Å². The van der Waals surface area contributed by atoms with Crippen LogP contribution in [0.5, 0.6) is 5.75 Å². The molecule has 1 aliphatic rings. The second kappa shape index (κ2) is 6.83. The van der Waals surface area contributed by atoms with Crippen molar-refractivity contribution in [3.63, 3.8) is 0 Å². The molecule has 5 nitrogen and oxygen atoms in total. The van der Waals surface area contributed by atoms with Gasteiger partial charge in [0.15, 0.2) is 0 Å². The Balaban J connectivity index is 1.65. The first-order chi connectivity index (χ1) is 11.2. The molecule has 23 heavy (non-hydrogen) atoms. The zero-order valence-electron chi connectivity index (χ0n) is 12.9. The first kappa shape index (κ1) is 15.6. The summed E-state index contributed by atoms with van der Waals surface area (Å²) in [5.74, 6) is 0.696. The Labute approximate surface area is 138 Å². The maximum Gasteiger partial charge on any atom is 0.261 e. The van der Waals surface area contributed by atoms with Crippen LogP contribution in [0.3, 0.4) is 0 Å². The molecule has 2 aromatic rings. The number of methoxy groups -OCH3 is 1. The molecule has 1 aromatic heterocycles. The number of ether oxygens (including phenoxy) is 1. The fourth-order valence-corrected chi connectivity index (χ4v) is 3.69. The van der Waals surface area contributed by atoms with Gasteiger partial charge in [-0.25, -0.2) is 0 Å². The van der Waals surface area contributed by atoms with E-state index in [2.05, 4.69) is 5.32 Å². The predicted octanol–water partition coefficient (Wildman–Crippen LogP) is 2.20. The Bertz CT molecular complexity index is 726. The zero-order chi connectivity index (χ0) is 16.2. The van der Waals surface area contributed by atoms with Crippen LogP contribution in [-0.4, -0.2) is 30.9 Å². The van der Waals surface area contributed by atoms with E-state index in [4.69, 9.17) is 4.74 Å². The highest BCUT2D eigenvalue weighted by Crippen LogP contribution is 2.27. The maximum atomic E-state index is 12.3. The lowest BCUT2D eigenvalue weighted by Gasteiger charge is -2.22. The Morgan fingerprint density at radius 3 is 3.09 bits per heavy atom. The molecule has 0 aliphatic carbocycles. The van der Waals surface area contributed by atoms with Gasteiger partial charge in [-0.15, -0.1) is 11.3 Å². The van der Waals surface area contributed by atoms with E-state index in [1.807, 2.05) is 30.3 Å². The fraction of sp³-hybridized carbons (Fsp3) is 0.294. The van der Waals surface area contributed by atoms with Crippen molar-refractivity contribution >= 4 is 23.7 Å². The molecule has 0 saturated carbocycles. The quantitative estimate of drug-likeness (QED) is 0.855. The lowest BCUT2D eigenvalue weighted by atomic mass is 10.1. The van der Waals surface area contributed by atoms with Crippen molar-refractivity contribution in [1.82, 2.24) is 10.2 Å². The number of carbonyl (C=O) groups excluding carboxylic acids is 2. The van der Waals surface area contributed by atoms with E-state index in [0.29, 0.717) is 18.0 Å². The van der Waals surface area contributed by atoms with E-state index in [1.165, 1.54) is 16.2 Å². The average molecular weight is 330 g/mol. The number of nitrogens with zero attached hydrogens (tertiary/aromatic N) is 1. The van der Waals surface area contributed by atoms with Crippen LogP contribution in [0.25, 0.3) is 0 Å². The van der Waals surface area contributed by atoms with Gasteiger partial charge >= 0.3 is 0 Å². The summed E-state index contributed by atoms with van der Waals surface area (Å²) < 4.78 is 5.18. The minimum absolute atomic E-state index is 0.0788. The highest BCUT2D eigenvalue weighted by atomic mass is 32.1. The number of hydrogen-bond donors (Lipinski definition) is 1. The molecule has 1 N–H and O–H groups in total. The average Bonchev–Trinajstić information content (AvgIpc) is 3.03. The molecule has 0 spiro atoms. The zero-order valence-corrected chi connectivity index (χ0v) is 13.7. The third-order valence-electron chi connectivity index (χ3n) is 3.86. The molecule has 2 amide bonds. The largest absolute Gasteiger partial charge is 0.497 e. The van der Waals surface area contributed by atoms with E-state index >= 15 is 0 Å². The van der Waals surface area contributed by atoms with Crippen LogP contribution < -0.4 is 10.1 Å². The summed E-state index contributed by atoms with van der Waals surface area (Å²) in [5.41, 5.74) is 2.08. The Morgan fingerprint density at radius 1 is 1.43 bits per heavy atom. The van der Waals surface area contributed by atoms with Gasteiger partial charge in [0.05, 0.1) is 12.0 Å². The lowest BCUT2D eigenvalue weighted by molar-refractivity contribution is -0.118. The molecule has 0 atom stereocenters. The molecule has 1 aliphatic heterocycles. The number of nitrogens with one attached hydrogen (secondary N) is 1. The highest BCUT2D eigenvalue weighted by molar-refractivity contribution is 7.14. The number of carbonyl (C=O) groups is 2. The first-order valence-electron chi connectivity index (χ1n) is 7.41. The summed E-state index contributed by atoms with van der Waals surface area (Å²) in [4.78, 5) is 26.8. The minimum atomic E-state index is -0.0788. The summed E-state index contributed by atoms with van der Waals surface area (Å²) in [6.07, 6.45) is 1.69. The molecular weight excluding hydrogens is 312 g/mol. The molecule has 1 aromatic carbocycles. The smallest absolute Gasteiger partial charge is 0.261 e. The molecule has 6 heteroatoms. The summed E-state index contributed by atoms with van der Waals surface area (Å²) in [7, 11) is 1.62. The SMILES string of the molecule is COc1cccc(CNC(=O)c2cc3c(s2)CCN(C=O)C3)c1. The number of hydrogen-bond acceptors (Lipinski definition) is 4. The molecule has 0 unspecified atom stereocenters. The van der Waals surface area contributed by atoms with Crippen LogP contribution in [0, 0.1) is 0 Å². The Morgan fingerprint density at radius 2 is 2.30 bits per heavy atom. The Kier molecular flexibility index (Phi) is 4.62. The van der Waals surface area contributed by atoms with Crippen molar-refractivity contribution < 1.29 is 14.3 Å². The summed E-state index contributed by atoms with van der Waals surface area (Å²) in [6.45, 7) is 1.78. The maximum absolute atomic E-state index is 12.3. The highest BCUT2D eigenvalue weighted by Gasteiger charge is 2.20. The molecule has 0 saturated heterocycles. The van der Waals surface area contributed by atoms with Crippen molar-refractivity contribution in [3.05, 3.63) is 51.2 Å². The van der Waals surface area contributed by atoms with Gasteiger partial charge in [0, 0.05) is 24.5 Å². The fourth-order valence-electron chi connectivity index (χ4n) is 2.61. The second-order valence-corrected chi connectivity index (χ2v) is 6.56. The summed E-state index contributed by atoms with van der Waals surface area (Å²) >= 11 is 1.52. The van der Waals surface area contributed by atoms with Gasteiger partial charge in [-0.1, -0.05) is 12.1 Å². The van der Waals surface area contributed by atoms with Gasteiger partial charge in [0.2, 0.25) is 6.41 Å². The van der Waals surface area contributed by atoms with Crippen LogP contribution in [0.4, 0.5) is 0 Å². The first-order valence-corrected chi connectivity index (χ1v) is 8.23. The van der Waals surface area contributed by atoms with Crippen molar-refractivity contribution in [2.75, 3.05) is 13.7 Å². The molecule has 120 valence electrons. The van der Waals surface area contributed by atoms with Crippen LogP contribution in [0.15, 0.2) is 30.3 Å². The van der Waals surface area contributed by atoms with Crippen molar-refractivity contribution in [2.45, 2.75) is 19.5 Å². The van der Waals surface area contributed by atoms with Crippen LogP contribution in [0.1, 0.15) is 25.7 Å². The van der Waals surface area contributed by atoms with E-state index in [-0.39, 0.29) is 5.91 Å². The monoisotopic (exact) mass is 330 g/mol. The standard InChI is InChI=1S/C17H18N2O3S/c1-22-14-4-2-3-12(7-14)9-18-17(21)16-8-13-10-19(11-20)6-5-15(13)23-16/h2-4,7-8,11H,5-6,9-10H2,1H3,(H,18,21). The Hall–Kier alpha value is -2.34. The topological polar surface area (TPSA) is 58.6 Å². The summed E-state index contributed by atoms with van der Waals surface area (Å²) in [6, 6.07) is 9.53. The number of fused-ring (bicyclic) bond motifs is 1. The number of thiophene rings is 1. The van der Waals surface area contributed by atoms with Crippen LogP contribution >= 0.6 is 11.3 Å². The minimum Gasteiger partial charge on any atom is -0.497 e. The van der Waals surface area contributed by atoms with Crippen molar-refractivity contribution in [1.29, 1.82) is 0 Å².